The molecule has 0 saturated carbocycles. The molecule has 0 spiro atoms. The number of fused-ring (bicyclic) bond motifs is 2. The van der Waals surface area contributed by atoms with E-state index < -0.39 is 17.8 Å². The summed E-state index contributed by atoms with van der Waals surface area (Å²) >= 11 is 0. The Balaban J connectivity index is 1.83. The number of carbonyl (C=O) groups excluding carboxylic acids is 1. The first-order chi connectivity index (χ1) is 13.2. The van der Waals surface area contributed by atoms with Crippen molar-refractivity contribution in [2.75, 3.05) is 6.61 Å². The van der Waals surface area contributed by atoms with Gasteiger partial charge in [-0.3, -0.25) is 5.10 Å². The number of hydrogen-bond acceptors (Lipinski definition) is 8. The number of hydrogen-bond donors (Lipinski definition) is 1. The van der Waals surface area contributed by atoms with Gasteiger partial charge < -0.3 is 4.74 Å². The molecular formula is C18H14N6O3. The van der Waals surface area contributed by atoms with E-state index in [-0.39, 0.29) is 6.61 Å². The third kappa shape index (κ3) is 2.87. The number of esters is 1. The van der Waals surface area contributed by atoms with Gasteiger partial charge in [-0.1, -0.05) is 12.1 Å². The Morgan fingerprint density at radius 3 is 3.11 bits per heavy atom. The van der Waals surface area contributed by atoms with Gasteiger partial charge in [-0.25, -0.2) is 14.4 Å². The summed E-state index contributed by atoms with van der Waals surface area (Å²) in [7, 11) is 0. The SMILES string of the molecule is CCOC(=O)C=CC1=Nc2[nH]ncc2C(c2cccc3nonc23)C1C#N. The Hall–Kier alpha value is -3.80. The summed E-state index contributed by atoms with van der Waals surface area (Å²) in [6.45, 7) is 1.99. The molecule has 1 N–H and O–H groups in total. The van der Waals surface area contributed by atoms with Gasteiger partial charge in [-0.2, -0.15) is 10.4 Å². The molecule has 0 radical (unpaired) electrons. The third-order valence-electron chi connectivity index (χ3n) is 4.34. The van der Waals surface area contributed by atoms with Gasteiger partial charge >= 0.3 is 5.97 Å². The summed E-state index contributed by atoms with van der Waals surface area (Å²) in [5, 5.41) is 24.6. The summed E-state index contributed by atoms with van der Waals surface area (Å²) in [5.41, 5.74) is 3.15. The van der Waals surface area contributed by atoms with Crippen LogP contribution in [0.3, 0.4) is 0 Å². The molecule has 0 amide bonds. The molecule has 1 aromatic carbocycles. The van der Waals surface area contributed by atoms with Crippen molar-refractivity contribution in [2.24, 2.45) is 10.9 Å². The molecule has 4 rings (SSSR count). The highest BCUT2D eigenvalue weighted by atomic mass is 16.6. The van der Waals surface area contributed by atoms with Crippen LogP contribution in [-0.4, -0.2) is 38.8 Å². The molecule has 2 unspecified atom stereocenters. The normalized spacial score (nSPS) is 18.9. The molecule has 3 aromatic rings. The zero-order valence-electron chi connectivity index (χ0n) is 14.3. The van der Waals surface area contributed by atoms with Crippen LogP contribution in [-0.2, 0) is 9.53 Å². The van der Waals surface area contributed by atoms with E-state index in [1.54, 1.807) is 19.2 Å². The highest BCUT2D eigenvalue weighted by Gasteiger charge is 2.36. The van der Waals surface area contributed by atoms with Crippen molar-refractivity contribution in [3.8, 4) is 6.07 Å². The Bertz CT molecular complexity index is 1100. The smallest absolute Gasteiger partial charge is 0.330 e. The Morgan fingerprint density at radius 2 is 2.30 bits per heavy atom. The number of rotatable bonds is 4. The molecule has 134 valence electrons. The average Bonchev–Trinajstić information content (AvgIpc) is 3.34. The first-order valence-corrected chi connectivity index (χ1v) is 8.30. The number of nitrogens with one attached hydrogen (secondary N) is 1. The Kier molecular flexibility index (Phi) is 4.22. The molecule has 0 fully saturated rings. The zero-order chi connectivity index (χ0) is 18.8. The lowest BCUT2D eigenvalue weighted by Gasteiger charge is -2.25. The van der Waals surface area contributed by atoms with E-state index >= 15 is 0 Å². The van der Waals surface area contributed by atoms with Crippen LogP contribution in [0.5, 0.6) is 0 Å². The van der Waals surface area contributed by atoms with Crippen molar-refractivity contribution in [1.29, 1.82) is 5.26 Å². The van der Waals surface area contributed by atoms with E-state index in [4.69, 9.17) is 9.37 Å². The molecule has 1 aliphatic heterocycles. The molecule has 2 aromatic heterocycles. The highest BCUT2D eigenvalue weighted by molar-refractivity contribution is 6.05. The van der Waals surface area contributed by atoms with Gasteiger partial charge in [0.1, 0.15) is 11.0 Å². The van der Waals surface area contributed by atoms with Crippen LogP contribution < -0.4 is 0 Å². The minimum atomic E-state index is -0.650. The summed E-state index contributed by atoms with van der Waals surface area (Å²) in [6, 6.07) is 7.78. The Morgan fingerprint density at radius 1 is 1.41 bits per heavy atom. The molecule has 1 aliphatic rings. The average molecular weight is 362 g/mol. The Labute approximate surface area is 153 Å². The van der Waals surface area contributed by atoms with Gasteiger partial charge in [0.05, 0.1) is 30.5 Å². The van der Waals surface area contributed by atoms with Crippen LogP contribution in [0.25, 0.3) is 11.0 Å². The number of aromatic nitrogens is 4. The maximum absolute atomic E-state index is 11.7. The van der Waals surface area contributed by atoms with Crippen molar-refractivity contribution in [3.63, 3.8) is 0 Å². The van der Waals surface area contributed by atoms with E-state index in [9.17, 15) is 10.1 Å². The van der Waals surface area contributed by atoms with Gasteiger partial charge in [0.2, 0.25) is 0 Å². The van der Waals surface area contributed by atoms with Gasteiger partial charge in [-0.15, -0.1) is 0 Å². The third-order valence-corrected chi connectivity index (χ3v) is 4.34. The van der Waals surface area contributed by atoms with E-state index in [2.05, 4.69) is 31.6 Å². The monoisotopic (exact) mass is 362 g/mol. The fourth-order valence-corrected chi connectivity index (χ4v) is 3.21. The molecule has 2 atom stereocenters. The molecule has 3 heterocycles. The largest absolute Gasteiger partial charge is 0.463 e. The summed E-state index contributed by atoms with van der Waals surface area (Å²) < 4.78 is 9.76. The van der Waals surface area contributed by atoms with Crippen LogP contribution in [0.1, 0.15) is 24.0 Å². The minimum Gasteiger partial charge on any atom is -0.463 e. The molecule has 0 saturated heterocycles. The second-order valence-corrected chi connectivity index (χ2v) is 5.86. The fourth-order valence-electron chi connectivity index (χ4n) is 3.21. The lowest BCUT2D eigenvalue weighted by molar-refractivity contribution is -0.137. The van der Waals surface area contributed by atoms with Crippen molar-refractivity contribution >= 4 is 28.5 Å². The number of benzene rings is 1. The van der Waals surface area contributed by atoms with E-state index in [1.807, 2.05) is 12.1 Å². The maximum Gasteiger partial charge on any atom is 0.330 e. The molecule has 27 heavy (non-hydrogen) atoms. The minimum absolute atomic E-state index is 0.270. The van der Waals surface area contributed by atoms with Gasteiger partial charge in [0.25, 0.3) is 0 Å². The number of ether oxygens (including phenoxy) is 1. The number of nitrogens with zero attached hydrogens (tertiary/aromatic N) is 5. The lowest BCUT2D eigenvalue weighted by Crippen LogP contribution is -2.24. The van der Waals surface area contributed by atoms with E-state index in [1.165, 1.54) is 12.2 Å². The van der Waals surface area contributed by atoms with Crippen molar-refractivity contribution in [1.82, 2.24) is 20.5 Å². The molecular weight excluding hydrogens is 348 g/mol. The quantitative estimate of drug-likeness (QED) is 0.557. The topological polar surface area (TPSA) is 130 Å². The number of nitriles is 1. The van der Waals surface area contributed by atoms with Gasteiger partial charge in [-0.05, 0) is 34.9 Å². The molecule has 0 aliphatic carbocycles. The van der Waals surface area contributed by atoms with Crippen LogP contribution >= 0.6 is 0 Å². The summed E-state index contributed by atoms with van der Waals surface area (Å²) in [6.07, 6.45) is 4.42. The van der Waals surface area contributed by atoms with Crippen LogP contribution in [0.15, 0.2) is 46.2 Å². The van der Waals surface area contributed by atoms with Crippen molar-refractivity contribution in [2.45, 2.75) is 12.8 Å². The van der Waals surface area contributed by atoms with Crippen LogP contribution in [0.4, 0.5) is 5.82 Å². The number of H-pyrrole nitrogens is 1. The van der Waals surface area contributed by atoms with Gasteiger partial charge in [0, 0.05) is 17.6 Å². The second-order valence-electron chi connectivity index (χ2n) is 5.86. The summed E-state index contributed by atoms with van der Waals surface area (Å²) in [5.74, 6) is -1.00. The second kappa shape index (κ2) is 6.84. The van der Waals surface area contributed by atoms with Crippen LogP contribution in [0.2, 0.25) is 0 Å². The lowest BCUT2D eigenvalue weighted by atomic mass is 9.77. The predicted molar refractivity (Wildman–Crippen MR) is 94.2 cm³/mol. The number of aliphatic imine (C=N–C) groups is 1. The number of allylic oxidation sites excluding steroid dienone is 1. The van der Waals surface area contributed by atoms with Gasteiger partial charge in [0.15, 0.2) is 5.82 Å². The standard InChI is InChI=1S/C18H14N6O3/c1-2-26-15(25)7-6-13-11(8-19)16(12-9-20-22-18(12)21-13)10-4-3-5-14-17(10)24-27-23-14/h3-7,9,11,16H,2H2,1H3,(H,20,22). The first kappa shape index (κ1) is 16.7. The summed E-state index contributed by atoms with van der Waals surface area (Å²) in [4.78, 5) is 16.1. The zero-order valence-corrected chi connectivity index (χ0v) is 14.3. The molecule has 0 bridgehead atoms. The first-order valence-electron chi connectivity index (χ1n) is 8.30. The number of carbonyl (C=O) groups is 1. The number of aromatic amines is 1. The molecule has 9 nitrogen and oxygen atoms in total. The highest BCUT2D eigenvalue weighted by Crippen LogP contribution is 2.42. The van der Waals surface area contributed by atoms with E-state index in [0.717, 1.165) is 11.1 Å². The maximum atomic E-state index is 11.7. The van der Waals surface area contributed by atoms with Crippen molar-refractivity contribution < 1.29 is 14.2 Å². The van der Waals surface area contributed by atoms with Crippen LogP contribution in [0, 0.1) is 17.2 Å². The van der Waals surface area contributed by atoms with E-state index in [0.29, 0.717) is 22.6 Å². The van der Waals surface area contributed by atoms with Crippen molar-refractivity contribution in [3.05, 3.63) is 47.7 Å². The predicted octanol–water partition coefficient (Wildman–Crippen LogP) is 2.42. The fraction of sp³-hybridized carbons (Fsp3) is 0.222. The molecule has 9 heteroatoms.